The van der Waals surface area contributed by atoms with E-state index in [4.69, 9.17) is 4.74 Å². The van der Waals surface area contributed by atoms with Crippen LogP contribution in [0, 0.1) is 5.92 Å². The van der Waals surface area contributed by atoms with E-state index < -0.39 is 31.0 Å². The Balaban J connectivity index is 1.33. The zero-order valence-corrected chi connectivity index (χ0v) is 16.6. The third-order valence-corrected chi connectivity index (χ3v) is 5.49. The summed E-state index contributed by atoms with van der Waals surface area (Å²) >= 11 is 0. The molecular weight excluding hydrogens is 398 g/mol. The summed E-state index contributed by atoms with van der Waals surface area (Å²) in [5, 5.41) is 2.64. The Labute approximate surface area is 173 Å². The van der Waals surface area contributed by atoms with Crippen LogP contribution in [0.2, 0.25) is 0 Å². The largest absolute Gasteiger partial charge is 0.455 e. The lowest BCUT2D eigenvalue weighted by molar-refractivity contribution is -0.152. The lowest BCUT2D eigenvalue weighted by atomic mass is 10.1. The van der Waals surface area contributed by atoms with Crippen molar-refractivity contribution in [2.24, 2.45) is 5.92 Å². The molecule has 2 aliphatic rings. The lowest BCUT2D eigenvalue weighted by Crippen LogP contribution is -2.35. The number of rotatable bonds is 9. The molecule has 1 aromatic carbocycles. The molecule has 1 aliphatic heterocycles. The number of likely N-dealkylation sites (tertiary alicyclic amines) is 1. The number of ether oxygens (including phenoxy) is 2. The number of alkyl halides is 2. The van der Waals surface area contributed by atoms with Gasteiger partial charge in [-0.15, -0.1) is 0 Å². The Kier molecular flexibility index (Phi) is 7.59. The van der Waals surface area contributed by atoms with Gasteiger partial charge in [-0.2, -0.15) is 8.78 Å². The number of nitrogens with one attached hydrogen (secondary N) is 1. The summed E-state index contributed by atoms with van der Waals surface area (Å²) in [4.78, 5) is 38.1. The summed E-state index contributed by atoms with van der Waals surface area (Å²) in [5.41, 5.74) is 0.838. The van der Waals surface area contributed by atoms with Crippen LogP contribution in [0.15, 0.2) is 24.3 Å². The van der Waals surface area contributed by atoms with Crippen molar-refractivity contribution in [1.82, 2.24) is 10.2 Å². The van der Waals surface area contributed by atoms with E-state index in [1.54, 1.807) is 17.0 Å². The van der Waals surface area contributed by atoms with Crippen LogP contribution in [0.4, 0.5) is 8.78 Å². The number of nitrogens with zero attached hydrogens (tertiary/aromatic N) is 1. The molecule has 2 fully saturated rings. The molecule has 0 aromatic heterocycles. The fourth-order valence-corrected chi connectivity index (χ4v) is 3.95. The van der Waals surface area contributed by atoms with Gasteiger partial charge in [-0.3, -0.25) is 14.4 Å². The molecule has 1 atom stereocenters. The van der Waals surface area contributed by atoms with Crippen molar-refractivity contribution >= 4 is 17.8 Å². The molecule has 1 heterocycles. The molecule has 9 heteroatoms. The summed E-state index contributed by atoms with van der Waals surface area (Å²) in [6, 6.07) is 6.37. The van der Waals surface area contributed by atoms with Crippen molar-refractivity contribution < 1.29 is 32.6 Å². The van der Waals surface area contributed by atoms with Crippen molar-refractivity contribution in [3.8, 4) is 5.75 Å². The Morgan fingerprint density at radius 1 is 1.17 bits per heavy atom. The Morgan fingerprint density at radius 3 is 2.53 bits per heavy atom. The number of halogens is 2. The molecule has 0 unspecified atom stereocenters. The molecule has 1 aromatic rings. The molecule has 30 heavy (non-hydrogen) atoms. The van der Waals surface area contributed by atoms with Gasteiger partial charge >= 0.3 is 12.6 Å². The van der Waals surface area contributed by atoms with E-state index >= 15 is 0 Å². The van der Waals surface area contributed by atoms with E-state index in [1.165, 1.54) is 12.1 Å². The number of carbonyl (C=O) groups is 3. The van der Waals surface area contributed by atoms with Gasteiger partial charge in [-0.05, 0) is 37.0 Å². The third-order valence-electron chi connectivity index (χ3n) is 5.49. The highest BCUT2D eigenvalue weighted by Crippen LogP contribution is 2.29. The maximum atomic E-state index is 12.2. The first-order valence-electron chi connectivity index (χ1n) is 10.2. The number of benzene rings is 1. The molecule has 1 saturated heterocycles. The number of hydrogen-bond donors (Lipinski definition) is 1. The first-order valence-corrected chi connectivity index (χ1v) is 10.2. The maximum Gasteiger partial charge on any atom is 0.387 e. The normalized spacial score (nSPS) is 19.4. The van der Waals surface area contributed by atoms with Crippen LogP contribution in [-0.2, 0) is 25.5 Å². The zero-order chi connectivity index (χ0) is 21.5. The predicted molar refractivity (Wildman–Crippen MR) is 103 cm³/mol. The second-order valence-electron chi connectivity index (χ2n) is 7.62. The average molecular weight is 424 g/mol. The molecule has 164 valence electrons. The topological polar surface area (TPSA) is 84.9 Å². The first-order chi connectivity index (χ1) is 14.4. The minimum Gasteiger partial charge on any atom is -0.455 e. The van der Waals surface area contributed by atoms with Crippen molar-refractivity contribution in [3.63, 3.8) is 0 Å². The van der Waals surface area contributed by atoms with Crippen LogP contribution in [-0.4, -0.2) is 55.0 Å². The predicted octanol–water partition coefficient (Wildman–Crippen LogP) is 2.28. The van der Waals surface area contributed by atoms with Gasteiger partial charge < -0.3 is 19.7 Å². The number of amides is 2. The van der Waals surface area contributed by atoms with Crippen molar-refractivity contribution in [1.29, 1.82) is 0 Å². The van der Waals surface area contributed by atoms with Crippen molar-refractivity contribution in [2.45, 2.75) is 51.2 Å². The standard InChI is InChI=1S/C21H26F2N2O5/c22-21(23)30-17-7-5-14(6-8-17)9-10-24-18(26)13-29-20(28)15-11-19(27)25(12-15)16-3-1-2-4-16/h5-8,15-16,21H,1-4,9-13H2,(H,24,26)/t15-/m0/s1. The smallest absolute Gasteiger partial charge is 0.387 e. The van der Waals surface area contributed by atoms with Gasteiger partial charge in [0.15, 0.2) is 6.61 Å². The van der Waals surface area contributed by atoms with E-state index in [1.807, 2.05) is 0 Å². The molecule has 0 spiro atoms. The summed E-state index contributed by atoms with van der Waals surface area (Å²) in [6.07, 6.45) is 4.81. The van der Waals surface area contributed by atoms with Crippen molar-refractivity contribution in [2.75, 3.05) is 19.7 Å². The van der Waals surface area contributed by atoms with Crippen LogP contribution in [0.3, 0.4) is 0 Å². The molecule has 7 nitrogen and oxygen atoms in total. The van der Waals surface area contributed by atoms with Crippen LogP contribution >= 0.6 is 0 Å². The van der Waals surface area contributed by atoms with Gasteiger partial charge in [0.1, 0.15) is 5.75 Å². The minimum absolute atomic E-state index is 0.0155. The van der Waals surface area contributed by atoms with Crippen LogP contribution in [0.1, 0.15) is 37.7 Å². The number of carbonyl (C=O) groups excluding carboxylic acids is 3. The van der Waals surface area contributed by atoms with Gasteiger partial charge in [0.2, 0.25) is 5.91 Å². The van der Waals surface area contributed by atoms with Gasteiger partial charge in [0, 0.05) is 25.6 Å². The highest BCUT2D eigenvalue weighted by molar-refractivity contribution is 5.88. The summed E-state index contributed by atoms with van der Waals surface area (Å²) in [6.45, 7) is -2.59. The number of hydrogen-bond acceptors (Lipinski definition) is 5. The van der Waals surface area contributed by atoms with E-state index in [2.05, 4.69) is 10.1 Å². The van der Waals surface area contributed by atoms with E-state index in [0.29, 0.717) is 19.5 Å². The van der Waals surface area contributed by atoms with Gasteiger partial charge in [-0.1, -0.05) is 25.0 Å². The van der Waals surface area contributed by atoms with Crippen LogP contribution < -0.4 is 10.1 Å². The minimum atomic E-state index is -2.87. The SMILES string of the molecule is O=C(COC(=O)[C@H]1CC(=O)N(C2CCCC2)C1)NCCc1ccc(OC(F)F)cc1. The molecule has 0 bridgehead atoms. The van der Waals surface area contributed by atoms with Crippen molar-refractivity contribution in [3.05, 3.63) is 29.8 Å². The summed E-state index contributed by atoms with van der Waals surface area (Å²) in [7, 11) is 0. The quantitative estimate of drug-likeness (QED) is 0.615. The second-order valence-corrected chi connectivity index (χ2v) is 7.62. The third kappa shape index (κ3) is 6.14. The fraction of sp³-hybridized carbons (Fsp3) is 0.571. The zero-order valence-electron chi connectivity index (χ0n) is 16.6. The van der Waals surface area contributed by atoms with E-state index in [-0.39, 0.29) is 24.1 Å². The molecule has 2 amide bonds. The van der Waals surface area contributed by atoms with Crippen LogP contribution in [0.25, 0.3) is 0 Å². The molecule has 1 aliphatic carbocycles. The Morgan fingerprint density at radius 2 is 1.87 bits per heavy atom. The maximum absolute atomic E-state index is 12.2. The fourth-order valence-electron chi connectivity index (χ4n) is 3.95. The van der Waals surface area contributed by atoms with Gasteiger partial charge in [-0.25, -0.2) is 0 Å². The summed E-state index contributed by atoms with van der Waals surface area (Å²) < 4.78 is 33.6. The monoisotopic (exact) mass is 424 g/mol. The van der Waals surface area contributed by atoms with Gasteiger partial charge in [0.05, 0.1) is 5.92 Å². The molecule has 0 radical (unpaired) electrons. The molecule has 1 N–H and O–H groups in total. The highest BCUT2D eigenvalue weighted by Gasteiger charge is 2.39. The number of esters is 1. The molecule has 1 saturated carbocycles. The Hall–Kier alpha value is -2.71. The second kappa shape index (κ2) is 10.4. The summed E-state index contributed by atoms with van der Waals surface area (Å²) in [5.74, 6) is -1.41. The Bertz CT molecular complexity index is 750. The molecule has 3 rings (SSSR count). The molecular formula is C21H26F2N2O5. The lowest BCUT2D eigenvalue weighted by Gasteiger charge is -2.23. The first kappa shape index (κ1) is 22.0. The van der Waals surface area contributed by atoms with Crippen LogP contribution in [0.5, 0.6) is 5.75 Å². The average Bonchev–Trinajstić information content (AvgIpc) is 3.36. The van der Waals surface area contributed by atoms with E-state index in [9.17, 15) is 23.2 Å². The highest BCUT2D eigenvalue weighted by atomic mass is 19.3. The van der Waals surface area contributed by atoms with E-state index in [0.717, 1.165) is 31.2 Å². The van der Waals surface area contributed by atoms with Gasteiger partial charge in [0.25, 0.3) is 5.91 Å².